The molecule has 516 valence electrons. The molecule has 0 saturated heterocycles. The van der Waals surface area contributed by atoms with E-state index in [-0.39, 0.29) is 37.0 Å². The monoisotopic (exact) mass is 1370 g/mol. The lowest BCUT2D eigenvalue weighted by Crippen LogP contribution is -2.61. The van der Waals surface area contributed by atoms with Gasteiger partial charge in [-0.15, -0.1) is 0 Å². The first-order valence-electron chi connectivity index (χ1n) is 28.9. The van der Waals surface area contributed by atoms with E-state index >= 15 is 0 Å². The molecule has 0 fully saturated rings. The van der Waals surface area contributed by atoms with Gasteiger partial charge in [0.15, 0.2) is 0 Å². The molecule has 0 spiro atoms. The second kappa shape index (κ2) is 37.6. The number of rotatable bonds is 40. The van der Waals surface area contributed by atoms with Crippen LogP contribution in [-0.4, -0.2) is 200 Å². The molecule has 0 saturated carbocycles. The number of aromatic amines is 1. The van der Waals surface area contributed by atoms with E-state index < -0.39 is 205 Å². The number of aliphatic hydroxyl groups is 1. The summed E-state index contributed by atoms with van der Waals surface area (Å²) < 4.78 is 36.3. The van der Waals surface area contributed by atoms with Crippen molar-refractivity contribution in [2.24, 2.45) is 17.2 Å². The van der Waals surface area contributed by atoms with Crippen molar-refractivity contribution in [3.8, 4) is 5.75 Å². The van der Waals surface area contributed by atoms with E-state index in [0.29, 0.717) is 22.0 Å². The van der Waals surface area contributed by atoms with Gasteiger partial charge in [-0.3, -0.25) is 77.0 Å². The highest BCUT2D eigenvalue weighted by atomic mass is 32.3. The zero-order chi connectivity index (χ0) is 70.7. The van der Waals surface area contributed by atoms with Crippen molar-refractivity contribution in [2.75, 3.05) is 18.6 Å². The minimum atomic E-state index is -5.02. The first-order chi connectivity index (χ1) is 44.7. The second-order valence-corrected chi connectivity index (χ2v) is 23.5. The van der Waals surface area contributed by atoms with Gasteiger partial charge in [0, 0.05) is 49.2 Å². The predicted molar refractivity (Wildman–Crippen MR) is 335 cm³/mol. The fraction of sp³-hybridized carbons (Fsp3) is 0.414. The number of hydrogen-bond acceptors (Lipinski definition) is 21. The van der Waals surface area contributed by atoms with Crippen molar-refractivity contribution < 1.29 is 105 Å². The van der Waals surface area contributed by atoms with E-state index in [4.69, 9.17) is 26.9 Å². The number of fused-ring (bicyclic) bond motifs is 1. The van der Waals surface area contributed by atoms with Gasteiger partial charge >= 0.3 is 28.3 Å². The summed E-state index contributed by atoms with van der Waals surface area (Å²) >= 11 is 1.25. The number of primary amides is 1. The third-order valence-corrected chi connectivity index (χ3v) is 15.0. The summed E-state index contributed by atoms with van der Waals surface area (Å²) in [6.07, 6.45) is -3.68. The molecule has 35 nitrogen and oxygen atoms in total. The van der Waals surface area contributed by atoms with Gasteiger partial charge in [0.05, 0.1) is 37.6 Å². The molecule has 1 heterocycles. The Morgan fingerprint density at radius 1 is 0.547 bits per heavy atom. The van der Waals surface area contributed by atoms with Crippen LogP contribution >= 0.6 is 11.8 Å². The quantitative estimate of drug-likeness (QED) is 0.0186. The van der Waals surface area contributed by atoms with Crippen LogP contribution in [0, 0.1) is 0 Å². The Morgan fingerprint density at radius 3 is 1.62 bits per heavy atom. The largest absolute Gasteiger partial charge is 0.481 e. The summed E-state index contributed by atoms with van der Waals surface area (Å²) in [5, 5.41) is 60.3. The number of benzene rings is 3. The lowest BCUT2D eigenvalue weighted by molar-refractivity contribution is -0.142. The van der Waals surface area contributed by atoms with E-state index in [2.05, 4.69) is 51.7 Å². The van der Waals surface area contributed by atoms with Crippen LogP contribution in [-0.2, 0) is 96.8 Å². The average molecular weight is 1370 g/mol. The molecule has 37 heteroatoms. The van der Waals surface area contributed by atoms with Gasteiger partial charge in [-0.1, -0.05) is 60.7 Å². The average Bonchev–Trinajstić information content (AvgIpc) is 1.75. The number of para-hydroxylation sites is 1. The second-order valence-electron chi connectivity index (χ2n) is 21.5. The van der Waals surface area contributed by atoms with Crippen molar-refractivity contribution in [1.29, 1.82) is 0 Å². The topological polar surface area (TPSA) is 586 Å². The molecule has 0 aliphatic carbocycles. The Bertz CT molecular complexity index is 3540. The van der Waals surface area contributed by atoms with E-state index in [1.54, 1.807) is 67.0 Å². The normalized spacial score (nSPS) is 14.3. The molecule has 3 aromatic carbocycles. The van der Waals surface area contributed by atoms with Gasteiger partial charge < -0.3 is 89.3 Å². The molecular weight excluding hydrogens is 1290 g/mol. The lowest BCUT2D eigenvalue weighted by Gasteiger charge is -2.27. The summed E-state index contributed by atoms with van der Waals surface area (Å²) in [4.78, 5) is 186. The Kier molecular flexibility index (Phi) is 30.6. The third-order valence-electron chi connectivity index (χ3n) is 13.9. The number of aromatic nitrogens is 1. The molecule has 0 bridgehead atoms. The van der Waals surface area contributed by atoms with Gasteiger partial charge in [-0.2, -0.15) is 20.2 Å². The van der Waals surface area contributed by atoms with Crippen molar-refractivity contribution >= 4 is 116 Å². The molecule has 1 aromatic heterocycles. The summed E-state index contributed by atoms with van der Waals surface area (Å²) in [5.41, 5.74) is 18.9. The number of H-pyrrole nitrogens is 1. The van der Waals surface area contributed by atoms with Crippen LogP contribution < -0.4 is 69.2 Å². The molecule has 4 rings (SSSR count). The molecule has 11 amide bonds. The molecule has 0 aliphatic rings. The number of thioether (sulfide) groups is 1. The fourth-order valence-corrected chi connectivity index (χ4v) is 9.82. The minimum absolute atomic E-state index is 0.0829. The molecule has 21 N–H and O–H groups in total. The van der Waals surface area contributed by atoms with E-state index in [1.165, 1.54) is 11.8 Å². The Morgan fingerprint density at radius 2 is 1.04 bits per heavy atom. The van der Waals surface area contributed by atoms with Gasteiger partial charge in [0.2, 0.25) is 65.0 Å². The number of aliphatic hydroxyl groups excluding tert-OH is 1. The summed E-state index contributed by atoms with van der Waals surface area (Å²) in [6, 6.07) is 4.47. The van der Waals surface area contributed by atoms with Gasteiger partial charge in [-0.05, 0) is 73.1 Å². The number of imide groups is 1. The van der Waals surface area contributed by atoms with Crippen LogP contribution in [0.15, 0.2) is 85.1 Å². The highest BCUT2D eigenvalue weighted by Gasteiger charge is 2.36. The number of nitrogens with two attached hydrogens (primary N) is 3. The molecule has 0 unspecified atom stereocenters. The molecule has 0 aliphatic heterocycles. The van der Waals surface area contributed by atoms with Gasteiger partial charge in [0.25, 0.3) is 0 Å². The zero-order valence-corrected chi connectivity index (χ0v) is 52.7. The predicted octanol–water partition coefficient (Wildman–Crippen LogP) is -4.60. The number of carbonyl (C=O) groups is 14. The Labute approximate surface area is 546 Å². The minimum Gasteiger partial charge on any atom is -0.481 e. The maximum Gasteiger partial charge on any atom is 0.446 e. The number of hydrogen-bond donors (Lipinski definition) is 18. The van der Waals surface area contributed by atoms with E-state index in [1.807, 2.05) is 5.32 Å². The van der Waals surface area contributed by atoms with Crippen molar-refractivity contribution in [3.63, 3.8) is 0 Å². The Hall–Kier alpha value is -10.1. The van der Waals surface area contributed by atoms with Crippen LogP contribution in [0.2, 0.25) is 0 Å². The van der Waals surface area contributed by atoms with Crippen LogP contribution in [0.5, 0.6) is 5.75 Å². The third kappa shape index (κ3) is 27.2. The maximum absolute atomic E-state index is 14.4. The van der Waals surface area contributed by atoms with E-state index in [0.717, 1.165) is 31.2 Å². The van der Waals surface area contributed by atoms with Crippen LogP contribution in [0.1, 0.15) is 68.6 Å². The lowest BCUT2D eigenvalue weighted by atomic mass is 10.0. The first-order valence-corrected chi connectivity index (χ1v) is 31.7. The number of carbonyl (C=O) groups excluding carboxylic acids is 11. The summed E-state index contributed by atoms with van der Waals surface area (Å²) in [7, 11) is -5.02. The van der Waals surface area contributed by atoms with Crippen molar-refractivity contribution in [3.05, 3.63) is 102 Å². The maximum atomic E-state index is 14.4. The van der Waals surface area contributed by atoms with Crippen LogP contribution in [0.4, 0.5) is 0 Å². The number of aliphatic carboxylic acids is 3. The van der Waals surface area contributed by atoms with Crippen LogP contribution in [0.3, 0.4) is 0 Å². The number of carboxylic acid groups (broad SMARTS) is 3. The summed E-state index contributed by atoms with van der Waals surface area (Å²) in [5.74, 6) is -16.9. The van der Waals surface area contributed by atoms with Crippen molar-refractivity contribution in [2.45, 2.75) is 132 Å². The SMILES string of the molecule is CSCC[C@@H](NC(=O)[C@H](Cc1c[nH]c2ccccc12)NC(=O)CNC(=O)[C@@H](NC(=O)[C@H](Cc1ccc(OS(=O)(=O)O)cc1)NC(=O)[C@H](CC(=O)O)NC(=O)[C@@H](N)CCC(=O)NC(=O)[C@@H](N)CCC(=O)O)[C@@H](C)O)C(=O)N[C@@H](CC(=O)O)C(=O)N[C@@H](Cc1ccccc1)C(N)=O. The van der Waals surface area contributed by atoms with Gasteiger partial charge in [0.1, 0.15) is 48.0 Å². The molecular formula is C58H75N13O22S2. The van der Waals surface area contributed by atoms with Gasteiger partial charge in [-0.25, -0.2) is 0 Å². The number of carboxylic acids is 3. The molecule has 10 atom stereocenters. The fourth-order valence-electron chi connectivity index (χ4n) is 8.99. The smallest absolute Gasteiger partial charge is 0.446 e. The molecule has 0 radical (unpaired) electrons. The highest BCUT2D eigenvalue weighted by molar-refractivity contribution is 7.98. The zero-order valence-electron chi connectivity index (χ0n) is 51.1. The highest BCUT2D eigenvalue weighted by Crippen LogP contribution is 2.20. The van der Waals surface area contributed by atoms with E-state index in [9.17, 15) is 90.9 Å². The molecule has 4 aromatic rings. The van der Waals surface area contributed by atoms with Crippen molar-refractivity contribution in [1.82, 2.24) is 52.8 Å². The molecule has 95 heavy (non-hydrogen) atoms. The Balaban J connectivity index is 1.55. The van der Waals surface area contributed by atoms with Crippen LogP contribution in [0.25, 0.3) is 10.9 Å². The number of nitrogens with one attached hydrogen (secondary N) is 10. The summed E-state index contributed by atoms with van der Waals surface area (Å²) in [6.45, 7) is 0.0644. The first kappa shape index (κ1) is 77.4. The number of amides is 11. The standard InChI is InChI=1S/C58H75N13O22S2/c1-29(72)49(71-57(88)40(23-31-12-14-33(15-13-31)93-95(90,91)92)68-56(87)42(25-47(77)78)67-51(82)35(59)16-18-44(73)70-52(83)36(60)17-19-46(75)76)58(89)63-28-45(74)64-41(24-32-27-62-37-11-7-6-10-34(32)37)54(85)65-38(20-21-94-2)53(84)69-43(26-48(79)80)55(86)66-39(50(61)81)22-30-8-4-3-5-9-30/h3-15,27,29,35-36,38-43,49,62,72H,16-26,28,59-60H2,1-2H3,(H2,61,81)(H,63,89)(H,64,74)(H,65,85)(H,66,86)(H,67,82)(H,68,87)(H,69,84)(H,71,88)(H,75,76)(H,77,78)(H,79,80)(H,70,73,83)(H,90,91,92)/t29-,35+,36+,38-,39+,40+,41+,42+,43+,49+/m1/s1.